The predicted molar refractivity (Wildman–Crippen MR) is 137 cm³/mol. The fourth-order valence-electron chi connectivity index (χ4n) is 6.76. The smallest absolute Gasteiger partial charge is 0.0192 e. The van der Waals surface area contributed by atoms with Crippen LogP contribution in [0.4, 0.5) is 0 Å². The number of nitrogens with one attached hydrogen (secondary N) is 1. The summed E-state index contributed by atoms with van der Waals surface area (Å²) in [7, 11) is 0. The van der Waals surface area contributed by atoms with Gasteiger partial charge in [-0.3, -0.25) is 0 Å². The first-order valence-electron chi connectivity index (χ1n) is 13.2. The lowest BCUT2D eigenvalue weighted by Crippen LogP contribution is -2.58. The van der Waals surface area contributed by atoms with E-state index in [2.05, 4.69) is 64.2 Å². The van der Waals surface area contributed by atoms with Gasteiger partial charge in [0.2, 0.25) is 0 Å². The maximum Gasteiger partial charge on any atom is 0.0192 e. The maximum absolute atomic E-state index is 4.01. The van der Waals surface area contributed by atoms with Gasteiger partial charge in [-0.05, 0) is 129 Å². The molecule has 4 fully saturated rings. The topological polar surface area (TPSA) is 12.0 Å². The zero-order chi connectivity index (χ0) is 22.3. The van der Waals surface area contributed by atoms with Crippen molar-refractivity contribution in [1.29, 1.82) is 0 Å². The highest BCUT2D eigenvalue weighted by Gasteiger charge is 2.50. The van der Waals surface area contributed by atoms with Gasteiger partial charge in [0.1, 0.15) is 0 Å². The van der Waals surface area contributed by atoms with Gasteiger partial charge in [-0.2, -0.15) is 0 Å². The molecule has 0 heterocycles. The molecule has 0 amide bonds. The lowest BCUT2D eigenvalue weighted by atomic mass is 9.53. The Morgan fingerprint density at radius 2 is 1.06 bits per heavy atom. The Hall–Kier alpha value is -1.08. The fourth-order valence-corrected chi connectivity index (χ4v) is 6.76. The molecule has 0 radical (unpaired) electrons. The highest BCUT2D eigenvalue weighted by Crippen LogP contribution is 2.55. The predicted octanol–water partition coefficient (Wildman–Crippen LogP) is 8.69. The molecule has 0 saturated heterocycles. The molecule has 1 nitrogen and oxygen atoms in total. The SMILES string of the molecule is CC(C)=CCC/C(C)=C/CC/C(C)=C/CC/C(C)=C/CNC12CC3CC(CC(C3)C1)C2. The maximum atomic E-state index is 4.01. The molecule has 0 aliphatic heterocycles. The second kappa shape index (κ2) is 11.7. The van der Waals surface area contributed by atoms with Gasteiger partial charge in [0.05, 0.1) is 0 Å². The minimum absolute atomic E-state index is 0.499. The highest BCUT2D eigenvalue weighted by atomic mass is 15.0. The molecule has 4 aliphatic rings. The summed E-state index contributed by atoms with van der Waals surface area (Å²) in [5.74, 6) is 3.11. The molecule has 174 valence electrons. The van der Waals surface area contributed by atoms with E-state index in [-0.39, 0.29) is 0 Å². The van der Waals surface area contributed by atoms with Gasteiger partial charge >= 0.3 is 0 Å². The molecule has 1 N–H and O–H groups in total. The molecule has 4 aliphatic carbocycles. The summed E-state index contributed by atoms with van der Waals surface area (Å²) >= 11 is 0. The molecular formula is C30H49N. The molecule has 4 saturated carbocycles. The van der Waals surface area contributed by atoms with Gasteiger partial charge in [0.15, 0.2) is 0 Å². The van der Waals surface area contributed by atoms with Crippen LogP contribution in [0.3, 0.4) is 0 Å². The average Bonchev–Trinajstić information content (AvgIpc) is 2.66. The van der Waals surface area contributed by atoms with Gasteiger partial charge in [0, 0.05) is 12.1 Å². The van der Waals surface area contributed by atoms with Crippen LogP contribution in [-0.2, 0) is 0 Å². The fraction of sp³-hybridized carbons (Fsp3) is 0.733. The average molecular weight is 424 g/mol. The zero-order valence-corrected chi connectivity index (χ0v) is 21.2. The van der Waals surface area contributed by atoms with E-state index in [9.17, 15) is 0 Å². The Morgan fingerprint density at radius 1 is 0.645 bits per heavy atom. The Kier molecular flexibility index (Phi) is 9.26. The van der Waals surface area contributed by atoms with Crippen LogP contribution in [0.2, 0.25) is 0 Å². The minimum Gasteiger partial charge on any atom is -0.308 e. The molecule has 4 rings (SSSR count). The summed E-state index contributed by atoms with van der Waals surface area (Å²) in [5.41, 5.74) is 6.57. The Morgan fingerprint density at radius 3 is 1.52 bits per heavy atom. The van der Waals surface area contributed by atoms with Crippen molar-refractivity contribution in [3.05, 3.63) is 46.6 Å². The van der Waals surface area contributed by atoms with Gasteiger partial charge in [-0.15, -0.1) is 0 Å². The Bertz CT molecular complexity index is 663. The van der Waals surface area contributed by atoms with E-state index >= 15 is 0 Å². The summed E-state index contributed by atoms with van der Waals surface area (Å²) < 4.78 is 0. The third-order valence-electron chi connectivity index (χ3n) is 8.12. The monoisotopic (exact) mass is 423 g/mol. The van der Waals surface area contributed by atoms with Crippen LogP contribution in [0.5, 0.6) is 0 Å². The van der Waals surface area contributed by atoms with Crippen molar-refractivity contribution >= 4 is 0 Å². The summed E-state index contributed by atoms with van der Waals surface area (Å²) in [6, 6.07) is 0. The highest BCUT2D eigenvalue weighted by molar-refractivity contribution is 5.10. The van der Waals surface area contributed by atoms with Gasteiger partial charge in [-0.25, -0.2) is 0 Å². The van der Waals surface area contributed by atoms with Gasteiger partial charge in [0.25, 0.3) is 0 Å². The van der Waals surface area contributed by atoms with Crippen molar-refractivity contribution in [2.75, 3.05) is 6.54 Å². The van der Waals surface area contributed by atoms with Crippen LogP contribution in [0, 0.1) is 17.8 Å². The Balaban J connectivity index is 1.31. The number of hydrogen-bond acceptors (Lipinski definition) is 1. The zero-order valence-electron chi connectivity index (χ0n) is 21.2. The minimum atomic E-state index is 0.499. The van der Waals surface area contributed by atoms with E-state index in [1.807, 2.05) is 0 Å². The normalized spacial score (nSPS) is 30.7. The van der Waals surface area contributed by atoms with Crippen molar-refractivity contribution in [1.82, 2.24) is 5.32 Å². The van der Waals surface area contributed by atoms with Gasteiger partial charge < -0.3 is 5.32 Å². The van der Waals surface area contributed by atoms with Crippen LogP contribution >= 0.6 is 0 Å². The summed E-state index contributed by atoms with van der Waals surface area (Å²) in [5, 5.41) is 4.01. The van der Waals surface area contributed by atoms with E-state index in [1.165, 1.54) is 88.2 Å². The largest absolute Gasteiger partial charge is 0.308 e. The van der Waals surface area contributed by atoms with Crippen LogP contribution in [0.15, 0.2) is 46.6 Å². The second-order valence-electron chi connectivity index (χ2n) is 11.6. The lowest BCUT2D eigenvalue weighted by molar-refractivity contribution is -0.0179. The standard InChI is InChI=1S/C30H49N/c1-23(2)9-6-10-24(3)11-7-12-25(4)13-8-14-26(5)15-16-31-30-20-27-17-28(21-30)19-29(18-27)22-30/h9,11,13,15,27-29,31H,6-8,10,12,14,16-22H2,1-5H3/b24-11+,25-13+,26-15+. The summed E-state index contributed by atoms with van der Waals surface area (Å²) in [4.78, 5) is 0. The molecule has 0 aromatic rings. The molecule has 31 heavy (non-hydrogen) atoms. The molecule has 4 bridgehead atoms. The molecule has 0 aromatic heterocycles. The van der Waals surface area contributed by atoms with Gasteiger partial charge in [-0.1, -0.05) is 46.6 Å². The van der Waals surface area contributed by atoms with Crippen molar-refractivity contribution in [3.63, 3.8) is 0 Å². The third-order valence-corrected chi connectivity index (χ3v) is 8.12. The first-order chi connectivity index (χ1) is 14.8. The lowest BCUT2D eigenvalue weighted by Gasteiger charge is -2.57. The Labute approximate surface area is 193 Å². The number of rotatable bonds is 12. The summed E-state index contributed by atoms with van der Waals surface area (Å²) in [6.45, 7) is 12.4. The summed E-state index contributed by atoms with van der Waals surface area (Å²) in [6.07, 6.45) is 25.9. The molecular weight excluding hydrogens is 374 g/mol. The quantitative estimate of drug-likeness (QED) is 0.309. The van der Waals surface area contributed by atoms with E-state index < -0.39 is 0 Å². The van der Waals surface area contributed by atoms with Crippen LogP contribution < -0.4 is 5.32 Å². The molecule has 0 spiro atoms. The van der Waals surface area contributed by atoms with Crippen molar-refractivity contribution in [3.8, 4) is 0 Å². The van der Waals surface area contributed by atoms with E-state index in [1.54, 1.807) is 11.1 Å². The van der Waals surface area contributed by atoms with Crippen LogP contribution in [-0.4, -0.2) is 12.1 Å². The van der Waals surface area contributed by atoms with Crippen molar-refractivity contribution < 1.29 is 0 Å². The first kappa shape index (κ1) is 24.6. The first-order valence-corrected chi connectivity index (χ1v) is 13.2. The van der Waals surface area contributed by atoms with E-state index in [0.29, 0.717) is 5.54 Å². The number of hydrogen-bond donors (Lipinski definition) is 1. The molecule has 0 unspecified atom stereocenters. The van der Waals surface area contributed by atoms with Crippen molar-refractivity contribution in [2.45, 2.75) is 117 Å². The van der Waals surface area contributed by atoms with Crippen LogP contribution in [0.25, 0.3) is 0 Å². The second-order valence-corrected chi connectivity index (χ2v) is 11.6. The molecule has 1 heteroatoms. The van der Waals surface area contributed by atoms with E-state index in [0.717, 1.165) is 24.3 Å². The molecule has 0 atom stereocenters. The molecule has 0 aromatic carbocycles. The number of allylic oxidation sites excluding steroid dienone is 7. The van der Waals surface area contributed by atoms with Crippen molar-refractivity contribution in [2.24, 2.45) is 17.8 Å². The third kappa shape index (κ3) is 8.08. The van der Waals surface area contributed by atoms with E-state index in [4.69, 9.17) is 0 Å². The van der Waals surface area contributed by atoms with Crippen LogP contribution in [0.1, 0.15) is 112 Å².